The minimum atomic E-state index is -0.519. The molecule has 2 aromatic carbocycles. The van der Waals surface area contributed by atoms with Crippen LogP contribution in [0.3, 0.4) is 0 Å². The van der Waals surface area contributed by atoms with Gasteiger partial charge >= 0.3 is 5.97 Å². The third kappa shape index (κ3) is 3.52. The second-order valence-corrected chi connectivity index (χ2v) is 7.29. The standard InChI is InChI=1S/C23H27NO4/c1-4-24(5-2)20-18-9-7-6-8-16(18)14-19(20)27-23(25)22-21(28-22)15-10-12-17(26-3)13-11-15/h6-13,19-22H,4-5,14H2,1-3H3/t19-,20+,21+,22-/m1/s1. The molecule has 0 amide bonds. The van der Waals surface area contributed by atoms with E-state index < -0.39 is 6.10 Å². The van der Waals surface area contributed by atoms with E-state index >= 15 is 0 Å². The molecule has 148 valence electrons. The Labute approximate surface area is 166 Å². The number of methoxy groups -OCH3 is 1. The molecular weight excluding hydrogens is 354 g/mol. The normalized spacial score (nSPS) is 25.4. The predicted molar refractivity (Wildman–Crippen MR) is 106 cm³/mol. The Morgan fingerprint density at radius 1 is 1.11 bits per heavy atom. The Morgan fingerprint density at radius 2 is 1.82 bits per heavy atom. The van der Waals surface area contributed by atoms with Gasteiger partial charge in [0.25, 0.3) is 0 Å². The van der Waals surface area contributed by atoms with Gasteiger partial charge in [-0.15, -0.1) is 0 Å². The maximum Gasteiger partial charge on any atom is 0.338 e. The van der Waals surface area contributed by atoms with Crippen LogP contribution >= 0.6 is 0 Å². The molecule has 0 aromatic heterocycles. The van der Waals surface area contributed by atoms with Crippen molar-refractivity contribution in [1.82, 2.24) is 4.90 Å². The third-order valence-corrected chi connectivity index (χ3v) is 5.79. The topological polar surface area (TPSA) is 51.3 Å². The number of carbonyl (C=O) groups excluding carboxylic acids is 1. The van der Waals surface area contributed by atoms with Crippen LogP contribution in [0.5, 0.6) is 5.75 Å². The Morgan fingerprint density at radius 3 is 2.50 bits per heavy atom. The van der Waals surface area contributed by atoms with Crippen molar-refractivity contribution in [2.24, 2.45) is 0 Å². The monoisotopic (exact) mass is 381 g/mol. The molecule has 0 radical (unpaired) electrons. The van der Waals surface area contributed by atoms with E-state index in [1.54, 1.807) is 7.11 Å². The summed E-state index contributed by atoms with van der Waals surface area (Å²) in [5.41, 5.74) is 3.51. The number of epoxide rings is 1. The predicted octanol–water partition coefficient (Wildman–Crippen LogP) is 3.69. The summed E-state index contributed by atoms with van der Waals surface area (Å²) in [5.74, 6) is 0.519. The molecule has 0 spiro atoms. The molecule has 2 aromatic rings. The van der Waals surface area contributed by atoms with Crippen LogP contribution in [-0.4, -0.2) is 43.3 Å². The molecule has 0 bridgehead atoms. The number of carbonyl (C=O) groups is 1. The third-order valence-electron chi connectivity index (χ3n) is 5.79. The summed E-state index contributed by atoms with van der Waals surface area (Å²) in [5, 5.41) is 0. The van der Waals surface area contributed by atoms with Gasteiger partial charge < -0.3 is 14.2 Å². The van der Waals surface area contributed by atoms with Crippen LogP contribution < -0.4 is 4.74 Å². The highest BCUT2D eigenvalue weighted by Gasteiger charge is 2.49. The molecule has 5 nitrogen and oxygen atoms in total. The maximum atomic E-state index is 12.8. The van der Waals surface area contributed by atoms with Crippen LogP contribution in [0, 0.1) is 0 Å². The molecule has 1 aliphatic carbocycles. The Kier molecular flexibility index (Phi) is 5.38. The van der Waals surface area contributed by atoms with Crippen LogP contribution in [0.1, 0.15) is 42.7 Å². The Balaban J connectivity index is 1.45. The lowest BCUT2D eigenvalue weighted by molar-refractivity contribution is -0.153. The fourth-order valence-corrected chi connectivity index (χ4v) is 4.25. The molecule has 28 heavy (non-hydrogen) atoms. The molecular formula is C23H27NO4. The molecule has 0 N–H and O–H groups in total. The van der Waals surface area contributed by atoms with E-state index in [4.69, 9.17) is 14.2 Å². The second kappa shape index (κ2) is 7.94. The molecule has 1 aliphatic heterocycles. The molecule has 4 atom stereocenters. The molecule has 0 unspecified atom stereocenters. The van der Waals surface area contributed by atoms with Gasteiger partial charge in [0.2, 0.25) is 0 Å². The van der Waals surface area contributed by atoms with Crippen molar-refractivity contribution in [3.05, 3.63) is 65.2 Å². The van der Waals surface area contributed by atoms with Gasteiger partial charge in [-0.05, 0) is 41.9 Å². The summed E-state index contributed by atoms with van der Waals surface area (Å²) in [7, 11) is 1.63. The highest BCUT2D eigenvalue weighted by atomic mass is 16.6. The fraction of sp³-hybridized carbons (Fsp3) is 0.435. The fourth-order valence-electron chi connectivity index (χ4n) is 4.25. The first-order valence-electron chi connectivity index (χ1n) is 9.98. The van der Waals surface area contributed by atoms with Gasteiger partial charge in [-0.3, -0.25) is 4.90 Å². The number of hydrogen-bond acceptors (Lipinski definition) is 5. The van der Waals surface area contributed by atoms with Crippen molar-refractivity contribution in [2.75, 3.05) is 20.2 Å². The van der Waals surface area contributed by atoms with E-state index in [-0.39, 0.29) is 24.2 Å². The van der Waals surface area contributed by atoms with Crippen molar-refractivity contribution in [2.45, 2.75) is 44.6 Å². The van der Waals surface area contributed by atoms with Crippen LogP contribution in [0.25, 0.3) is 0 Å². The summed E-state index contributed by atoms with van der Waals surface area (Å²) in [6.45, 7) is 6.12. The average molecular weight is 381 g/mol. The number of nitrogens with zero attached hydrogens (tertiary/aromatic N) is 1. The van der Waals surface area contributed by atoms with Gasteiger partial charge in [0, 0.05) is 6.42 Å². The van der Waals surface area contributed by atoms with Crippen molar-refractivity contribution >= 4 is 5.97 Å². The summed E-state index contributed by atoms with van der Waals surface area (Å²) >= 11 is 0. The molecule has 2 aliphatic rings. The van der Waals surface area contributed by atoms with Gasteiger partial charge in [0.1, 0.15) is 18.0 Å². The number of esters is 1. The van der Waals surface area contributed by atoms with E-state index in [1.165, 1.54) is 11.1 Å². The van der Waals surface area contributed by atoms with Crippen LogP contribution in [0.15, 0.2) is 48.5 Å². The smallest absolute Gasteiger partial charge is 0.338 e. The maximum absolute atomic E-state index is 12.8. The summed E-state index contributed by atoms with van der Waals surface area (Å²) in [4.78, 5) is 15.1. The summed E-state index contributed by atoms with van der Waals surface area (Å²) in [6, 6.07) is 16.1. The molecule has 1 heterocycles. The van der Waals surface area contributed by atoms with Crippen molar-refractivity contribution in [1.29, 1.82) is 0 Å². The van der Waals surface area contributed by atoms with Crippen molar-refractivity contribution < 1.29 is 19.0 Å². The Hall–Kier alpha value is -2.37. The van der Waals surface area contributed by atoms with E-state index in [9.17, 15) is 4.79 Å². The van der Waals surface area contributed by atoms with Crippen LogP contribution in [0.4, 0.5) is 0 Å². The number of benzene rings is 2. The minimum absolute atomic E-state index is 0.105. The Bertz CT molecular complexity index is 831. The van der Waals surface area contributed by atoms with E-state index in [0.717, 1.165) is 30.8 Å². The first kappa shape index (κ1) is 19.0. The zero-order valence-electron chi connectivity index (χ0n) is 16.6. The minimum Gasteiger partial charge on any atom is -0.497 e. The van der Waals surface area contributed by atoms with Gasteiger partial charge in [-0.25, -0.2) is 4.79 Å². The highest BCUT2D eigenvalue weighted by molar-refractivity contribution is 5.79. The van der Waals surface area contributed by atoms with Crippen molar-refractivity contribution in [3.63, 3.8) is 0 Å². The first-order chi connectivity index (χ1) is 13.7. The second-order valence-electron chi connectivity index (χ2n) is 7.29. The van der Waals surface area contributed by atoms with E-state index in [2.05, 4.69) is 36.9 Å². The number of fused-ring (bicyclic) bond motifs is 1. The van der Waals surface area contributed by atoms with Crippen LogP contribution in [0.2, 0.25) is 0 Å². The largest absolute Gasteiger partial charge is 0.497 e. The lowest BCUT2D eigenvalue weighted by atomic mass is 10.1. The molecule has 1 saturated heterocycles. The van der Waals surface area contributed by atoms with Crippen molar-refractivity contribution in [3.8, 4) is 5.75 Å². The van der Waals surface area contributed by atoms with Gasteiger partial charge in [-0.2, -0.15) is 0 Å². The van der Waals surface area contributed by atoms with E-state index in [0.29, 0.717) is 0 Å². The van der Waals surface area contributed by atoms with Gasteiger partial charge in [0.15, 0.2) is 6.10 Å². The molecule has 0 saturated carbocycles. The number of likely N-dealkylation sites (N-methyl/N-ethyl adjacent to an activating group) is 1. The van der Waals surface area contributed by atoms with Crippen LogP contribution in [-0.2, 0) is 20.7 Å². The highest BCUT2D eigenvalue weighted by Crippen LogP contribution is 2.42. The van der Waals surface area contributed by atoms with E-state index in [1.807, 2.05) is 30.3 Å². The zero-order valence-corrected chi connectivity index (χ0v) is 16.6. The number of ether oxygens (including phenoxy) is 3. The zero-order chi connectivity index (χ0) is 19.7. The first-order valence-corrected chi connectivity index (χ1v) is 9.98. The SMILES string of the molecule is CCN(CC)[C@H]1c2ccccc2C[C@H]1OC(=O)[C@@H]1O[C@H]1c1ccc(OC)cc1. The number of rotatable bonds is 7. The van der Waals surface area contributed by atoms with Gasteiger partial charge in [0.05, 0.1) is 13.2 Å². The number of hydrogen-bond donors (Lipinski definition) is 0. The summed E-state index contributed by atoms with van der Waals surface area (Å²) in [6.07, 6.45) is -0.169. The molecule has 1 fully saturated rings. The molecule has 5 heteroatoms. The molecule has 4 rings (SSSR count). The average Bonchev–Trinajstić information content (AvgIpc) is 3.46. The van der Waals surface area contributed by atoms with Gasteiger partial charge in [-0.1, -0.05) is 50.2 Å². The lowest BCUT2D eigenvalue weighted by Crippen LogP contribution is -2.37. The summed E-state index contributed by atoms with van der Waals surface area (Å²) < 4.78 is 16.8. The lowest BCUT2D eigenvalue weighted by Gasteiger charge is -2.31. The quantitative estimate of drug-likeness (QED) is 0.541.